The molecule has 2 heterocycles. The first kappa shape index (κ1) is 19.5. The Bertz CT molecular complexity index is 747. The second kappa shape index (κ2) is 8.63. The van der Waals surface area contributed by atoms with Crippen LogP contribution in [0.5, 0.6) is 11.9 Å². The third-order valence-corrected chi connectivity index (χ3v) is 4.79. The van der Waals surface area contributed by atoms with Crippen molar-refractivity contribution >= 4 is 0 Å². The minimum atomic E-state index is -1.03. The van der Waals surface area contributed by atoms with Crippen molar-refractivity contribution in [3.8, 4) is 11.9 Å². The number of likely N-dealkylation sites (tertiary alicyclic amines) is 1. The molecule has 6 nitrogen and oxygen atoms in total. The van der Waals surface area contributed by atoms with Gasteiger partial charge in [0.15, 0.2) is 0 Å². The van der Waals surface area contributed by atoms with Crippen molar-refractivity contribution < 1.29 is 19.0 Å². The van der Waals surface area contributed by atoms with E-state index in [4.69, 9.17) is 9.47 Å². The van der Waals surface area contributed by atoms with Crippen LogP contribution in [0, 0.1) is 5.82 Å². The average molecular weight is 375 g/mol. The Labute approximate surface area is 159 Å². The Kier molecular flexibility index (Phi) is 6.23. The molecule has 0 saturated carbocycles. The van der Waals surface area contributed by atoms with E-state index in [9.17, 15) is 9.50 Å². The minimum absolute atomic E-state index is 0.231. The van der Waals surface area contributed by atoms with Gasteiger partial charge in [0.2, 0.25) is 5.88 Å². The number of hydrogen-bond donors (Lipinski definition) is 1. The van der Waals surface area contributed by atoms with Gasteiger partial charge in [-0.15, -0.1) is 0 Å². The van der Waals surface area contributed by atoms with E-state index in [1.165, 1.54) is 12.1 Å². The summed E-state index contributed by atoms with van der Waals surface area (Å²) in [6.45, 7) is 6.81. The standard InChI is InChI=1S/C20H26FN3O3/c1-3-26-18-17(13-22-19(23-18)27-4-2)20(25)9-11-24(12-10-20)14-15-5-7-16(21)8-6-15/h5-8,13,25H,3-4,9-12,14H2,1-2H3. The van der Waals surface area contributed by atoms with Crippen LogP contribution < -0.4 is 9.47 Å². The van der Waals surface area contributed by atoms with Gasteiger partial charge in [0.1, 0.15) is 5.82 Å². The van der Waals surface area contributed by atoms with E-state index in [2.05, 4.69) is 14.9 Å². The van der Waals surface area contributed by atoms with Crippen LogP contribution >= 0.6 is 0 Å². The summed E-state index contributed by atoms with van der Waals surface area (Å²) in [6.07, 6.45) is 2.70. The molecule has 3 rings (SSSR count). The highest BCUT2D eigenvalue weighted by Crippen LogP contribution is 2.37. The molecular formula is C20H26FN3O3. The molecule has 1 saturated heterocycles. The lowest BCUT2D eigenvalue weighted by molar-refractivity contribution is -0.0303. The summed E-state index contributed by atoms with van der Waals surface area (Å²) in [4.78, 5) is 10.8. The first-order chi connectivity index (χ1) is 13.0. The van der Waals surface area contributed by atoms with Crippen molar-refractivity contribution in [3.05, 3.63) is 47.4 Å². The lowest BCUT2D eigenvalue weighted by Gasteiger charge is -2.38. The van der Waals surface area contributed by atoms with Crippen molar-refractivity contribution in [1.29, 1.82) is 0 Å². The van der Waals surface area contributed by atoms with E-state index in [1.54, 1.807) is 18.3 Å². The molecule has 1 aromatic carbocycles. The number of piperidine rings is 1. The van der Waals surface area contributed by atoms with Crippen LogP contribution in [0.2, 0.25) is 0 Å². The third-order valence-electron chi connectivity index (χ3n) is 4.79. The predicted molar refractivity (Wildman–Crippen MR) is 99.2 cm³/mol. The normalized spacial score (nSPS) is 16.9. The van der Waals surface area contributed by atoms with Crippen LogP contribution in [0.1, 0.15) is 37.8 Å². The molecule has 0 atom stereocenters. The number of rotatable bonds is 7. The molecular weight excluding hydrogens is 349 g/mol. The number of ether oxygens (including phenoxy) is 2. The topological polar surface area (TPSA) is 67.7 Å². The molecule has 0 spiro atoms. The van der Waals surface area contributed by atoms with Crippen LogP contribution in [0.4, 0.5) is 4.39 Å². The number of halogens is 1. The van der Waals surface area contributed by atoms with Gasteiger partial charge in [-0.2, -0.15) is 4.98 Å². The second-order valence-electron chi connectivity index (χ2n) is 6.67. The zero-order chi connectivity index (χ0) is 19.3. The molecule has 1 fully saturated rings. The predicted octanol–water partition coefficient (Wildman–Crippen LogP) is 2.90. The molecule has 0 radical (unpaired) electrons. The smallest absolute Gasteiger partial charge is 0.319 e. The van der Waals surface area contributed by atoms with Gasteiger partial charge in [-0.1, -0.05) is 12.1 Å². The van der Waals surface area contributed by atoms with Gasteiger partial charge in [-0.3, -0.25) is 4.90 Å². The SMILES string of the molecule is CCOc1ncc(C2(O)CCN(Cc3ccc(F)cc3)CC2)c(OCC)n1. The maximum atomic E-state index is 13.1. The molecule has 146 valence electrons. The summed E-state index contributed by atoms with van der Waals surface area (Å²) in [5.41, 5.74) is 0.629. The lowest BCUT2D eigenvalue weighted by atomic mass is 9.85. The summed E-state index contributed by atoms with van der Waals surface area (Å²) in [7, 11) is 0. The Hall–Kier alpha value is -2.25. The van der Waals surface area contributed by atoms with Gasteiger partial charge >= 0.3 is 6.01 Å². The summed E-state index contributed by atoms with van der Waals surface area (Å²) < 4.78 is 24.0. The fourth-order valence-electron chi connectivity index (χ4n) is 3.31. The molecule has 0 aliphatic carbocycles. The maximum Gasteiger partial charge on any atom is 0.319 e. The van der Waals surface area contributed by atoms with Gasteiger partial charge in [0.05, 0.1) is 24.4 Å². The monoisotopic (exact) mass is 375 g/mol. The quantitative estimate of drug-likeness (QED) is 0.803. The molecule has 1 N–H and O–H groups in total. The van der Waals surface area contributed by atoms with E-state index in [0.29, 0.717) is 50.6 Å². The van der Waals surface area contributed by atoms with Crippen LogP contribution in [0.3, 0.4) is 0 Å². The highest BCUT2D eigenvalue weighted by molar-refractivity contribution is 5.32. The van der Waals surface area contributed by atoms with Crippen LogP contribution in [0.15, 0.2) is 30.5 Å². The number of benzene rings is 1. The second-order valence-corrected chi connectivity index (χ2v) is 6.67. The van der Waals surface area contributed by atoms with Gasteiger partial charge in [-0.05, 0) is 44.4 Å². The van der Waals surface area contributed by atoms with E-state index >= 15 is 0 Å². The van der Waals surface area contributed by atoms with E-state index in [1.807, 2.05) is 13.8 Å². The first-order valence-corrected chi connectivity index (χ1v) is 9.36. The van der Waals surface area contributed by atoms with E-state index in [-0.39, 0.29) is 11.8 Å². The average Bonchev–Trinajstić information content (AvgIpc) is 2.66. The highest BCUT2D eigenvalue weighted by atomic mass is 19.1. The van der Waals surface area contributed by atoms with Crippen LogP contribution in [-0.4, -0.2) is 46.3 Å². The van der Waals surface area contributed by atoms with Crippen molar-refractivity contribution in [2.45, 2.75) is 38.8 Å². The van der Waals surface area contributed by atoms with Crippen LogP contribution in [0.25, 0.3) is 0 Å². The third kappa shape index (κ3) is 4.73. The lowest BCUT2D eigenvalue weighted by Crippen LogP contribution is -2.42. The van der Waals surface area contributed by atoms with E-state index in [0.717, 1.165) is 12.1 Å². The molecule has 1 aliphatic rings. The van der Waals surface area contributed by atoms with Crippen molar-refractivity contribution in [3.63, 3.8) is 0 Å². The molecule has 27 heavy (non-hydrogen) atoms. The van der Waals surface area contributed by atoms with Gasteiger partial charge in [0, 0.05) is 25.8 Å². The van der Waals surface area contributed by atoms with Crippen molar-refractivity contribution in [2.24, 2.45) is 0 Å². The molecule has 0 unspecified atom stereocenters. The zero-order valence-corrected chi connectivity index (χ0v) is 15.8. The molecule has 7 heteroatoms. The Balaban J connectivity index is 1.70. The Morgan fingerprint density at radius 3 is 2.41 bits per heavy atom. The van der Waals surface area contributed by atoms with E-state index < -0.39 is 5.60 Å². The highest BCUT2D eigenvalue weighted by Gasteiger charge is 2.37. The maximum absolute atomic E-state index is 13.1. The summed E-state index contributed by atoms with van der Waals surface area (Å²) in [6, 6.07) is 6.79. The van der Waals surface area contributed by atoms with Gasteiger partial charge < -0.3 is 14.6 Å². The zero-order valence-electron chi connectivity index (χ0n) is 15.8. The fraction of sp³-hybridized carbons (Fsp3) is 0.500. The molecule has 0 bridgehead atoms. The Morgan fingerprint density at radius 2 is 1.78 bits per heavy atom. The number of nitrogens with zero attached hydrogens (tertiary/aromatic N) is 3. The largest absolute Gasteiger partial charge is 0.478 e. The summed E-state index contributed by atoms with van der Waals surface area (Å²) in [5, 5.41) is 11.2. The number of hydrogen-bond acceptors (Lipinski definition) is 6. The first-order valence-electron chi connectivity index (χ1n) is 9.36. The fourth-order valence-corrected chi connectivity index (χ4v) is 3.31. The minimum Gasteiger partial charge on any atom is -0.478 e. The Morgan fingerprint density at radius 1 is 1.11 bits per heavy atom. The van der Waals surface area contributed by atoms with Gasteiger partial charge in [0.25, 0.3) is 0 Å². The van der Waals surface area contributed by atoms with Crippen molar-refractivity contribution in [1.82, 2.24) is 14.9 Å². The number of aromatic nitrogens is 2. The summed E-state index contributed by atoms with van der Waals surface area (Å²) in [5.74, 6) is 0.149. The number of aliphatic hydroxyl groups is 1. The molecule has 1 aliphatic heterocycles. The van der Waals surface area contributed by atoms with Gasteiger partial charge in [-0.25, -0.2) is 9.37 Å². The molecule has 1 aromatic heterocycles. The molecule has 0 amide bonds. The summed E-state index contributed by atoms with van der Waals surface area (Å²) >= 11 is 0. The molecule has 2 aromatic rings. The van der Waals surface area contributed by atoms with Crippen LogP contribution in [-0.2, 0) is 12.1 Å². The van der Waals surface area contributed by atoms with Crippen molar-refractivity contribution in [2.75, 3.05) is 26.3 Å².